The third kappa shape index (κ3) is 3.81. The van der Waals surface area contributed by atoms with E-state index in [9.17, 15) is 4.79 Å². The standard InChI is InChI=1S/C15H14BrClN2O/c1-2-19(10-11-4-3-5-13(17)8-11)15(20)14-7-6-12(16)9-18-14/h3-9H,2,10H2,1H3. The van der Waals surface area contributed by atoms with Gasteiger partial charge in [0.25, 0.3) is 5.91 Å². The van der Waals surface area contributed by atoms with Crippen molar-refractivity contribution in [3.05, 3.63) is 63.3 Å². The normalized spacial score (nSPS) is 10.3. The Morgan fingerprint density at radius 1 is 1.35 bits per heavy atom. The van der Waals surface area contributed by atoms with Crippen molar-refractivity contribution < 1.29 is 4.79 Å². The van der Waals surface area contributed by atoms with Crippen molar-refractivity contribution in [2.75, 3.05) is 6.54 Å². The molecule has 104 valence electrons. The summed E-state index contributed by atoms with van der Waals surface area (Å²) in [6.07, 6.45) is 1.63. The van der Waals surface area contributed by atoms with Gasteiger partial charge in [0.1, 0.15) is 5.69 Å². The lowest BCUT2D eigenvalue weighted by molar-refractivity contribution is 0.0746. The highest BCUT2D eigenvalue weighted by Gasteiger charge is 2.15. The summed E-state index contributed by atoms with van der Waals surface area (Å²) in [5.41, 5.74) is 1.45. The topological polar surface area (TPSA) is 33.2 Å². The van der Waals surface area contributed by atoms with Crippen molar-refractivity contribution in [1.29, 1.82) is 0 Å². The summed E-state index contributed by atoms with van der Waals surface area (Å²) in [6.45, 7) is 3.08. The van der Waals surface area contributed by atoms with Gasteiger partial charge in [-0.2, -0.15) is 0 Å². The van der Waals surface area contributed by atoms with Crippen molar-refractivity contribution >= 4 is 33.4 Å². The molecule has 0 fully saturated rings. The second-order valence-corrected chi connectivity index (χ2v) is 5.66. The monoisotopic (exact) mass is 352 g/mol. The molecule has 0 spiro atoms. The fourth-order valence-electron chi connectivity index (χ4n) is 1.85. The summed E-state index contributed by atoms with van der Waals surface area (Å²) in [5.74, 6) is -0.0834. The number of halogens is 2. The first-order chi connectivity index (χ1) is 9.60. The molecule has 0 aliphatic carbocycles. The van der Waals surface area contributed by atoms with E-state index in [1.807, 2.05) is 37.3 Å². The van der Waals surface area contributed by atoms with Gasteiger partial charge in [0.15, 0.2) is 0 Å². The minimum absolute atomic E-state index is 0.0834. The molecule has 1 heterocycles. The van der Waals surface area contributed by atoms with E-state index in [0.717, 1.165) is 10.0 Å². The van der Waals surface area contributed by atoms with Gasteiger partial charge in [-0.05, 0) is 52.7 Å². The van der Waals surface area contributed by atoms with Crippen LogP contribution in [-0.4, -0.2) is 22.3 Å². The molecule has 0 N–H and O–H groups in total. The molecule has 0 saturated heterocycles. The fourth-order valence-corrected chi connectivity index (χ4v) is 2.29. The van der Waals surface area contributed by atoms with Gasteiger partial charge in [-0.1, -0.05) is 23.7 Å². The molecule has 5 heteroatoms. The highest BCUT2D eigenvalue weighted by Crippen LogP contribution is 2.15. The Labute approximate surface area is 131 Å². The summed E-state index contributed by atoms with van der Waals surface area (Å²) in [6, 6.07) is 11.1. The van der Waals surface area contributed by atoms with Crippen molar-refractivity contribution in [3.63, 3.8) is 0 Å². The molecular formula is C15H14BrClN2O. The lowest BCUT2D eigenvalue weighted by Crippen LogP contribution is -2.30. The van der Waals surface area contributed by atoms with Crippen LogP contribution in [-0.2, 0) is 6.54 Å². The van der Waals surface area contributed by atoms with Gasteiger partial charge in [0.05, 0.1) is 0 Å². The molecule has 2 rings (SSSR count). The number of pyridine rings is 1. The SMILES string of the molecule is CCN(Cc1cccc(Cl)c1)C(=O)c1ccc(Br)cn1. The van der Waals surface area contributed by atoms with Crippen LogP contribution in [0.5, 0.6) is 0 Å². The van der Waals surface area contributed by atoms with Crippen LogP contribution in [0.25, 0.3) is 0 Å². The maximum Gasteiger partial charge on any atom is 0.272 e. The lowest BCUT2D eigenvalue weighted by atomic mass is 10.2. The molecule has 0 saturated carbocycles. The molecule has 0 radical (unpaired) electrons. The predicted octanol–water partition coefficient (Wildman–Crippen LogP) is 4.16. The zero-order valence-corrected chi connectivity index (χ0v) is 13.4. The minimum atomic E-state index is -0.0834. The van der Waals surface area contributed by atoms with Crippen LogP contribution in [0.15, 0.2) is 47.1 Å². The lowest BCUT2D eigenvalue weighted by Gasteiger charge is -2.20. The average molecular weight is 354 g/mol. The quantitative estimate of drug-likeness (QED) is 0.827. The average Bonchev–Trinajstić information content (AvgIpc) is 2.45. The number of aromatic nitrogens is 1. The number of rotatable bonds is 4. The molecule has 0 unspecified atom stereocenters. The van der Waals surface area contributed by atoms with E-state index >= 15 is 0 Å². The molecule has 1 aromatic heterocycles. The molecule has 1 amide bonds. The number of amides is 1. The molecule has 0 bridgehead atoms. The molecule has 1 aromatic carbocycles. The Hall–Kier alpha value is -1.39. The zero-order chi connectivity index (χ0) is 14.5. The predicted molar refractivity (Wildman–Crippen MR) is 83.8 cm³/mol. The first-order valence-electron chi connectivity index (χ1n) is 6.25. The first-order valence-corrected chi connectivity index (χ1v) is 7.42. The highest BCUT2D eigenvalue weighted by atomic mass is 79.9. The van der Waals surface area contributed by atoms with Crippen LogP contribution in [0.4, 0.5) is 0 Å². The van der Waals surface area contributed by atoms with Crippen LogP contribution >= 0.6 is 27.5 Å². The van der Waals surface area contributed by atoms with Crippen molar-refractivity contribution in [1.82, 2.24) is 9.88 Å². The highest BCUT2D eigenvalue weighted by molar-refractivity contribution is 9.10. The van der Waals surface area contributed by atoms with E-state index in [1.54, 1.807) is 17.2 Å². The first kappa shape index (κ1) is 15.0. The van der Waals surface area contributed by atoms with Crippen LogP contribution in [0.2, 0.25) is 5.02 Å². The number of carbonyl (C=O) groups is 1. The zero-order valence-electron chi connectivity index (χ0n) is 11.0. The van der Waals surface area contributed by atoms with E-state index in [-0.39, 0.29) is 5.91 Å². The van der Waals surface area contributed by atoms with Crippen LogP contribution in [0.3, 0.4) is 0 Å². The Kier molecular flexibility index (Phi) is 5.15. The molecule has 0 atom stereocenters. The van der Waals surface area contributed by atoms with E-state index in [1.165, 1.54) is 0 Å². The molecule has 20 heavy (non-hydrogen) atoms. The second-order valence-electron chi connectivity index (χ2n) is 4.31. The minimum Gasteiger partial charge on any atom is -0.333 e. The summed E-state index contributed by atoms with van der Waals surface area (Å²) >= 11 is 9.27. The molecule has 0 aliphatic rings. The Balaban J connectivity index is 2.15. The van der Waals surface area contributed by atoms with Gasteiger partial charge >= 0.3 is 0 Å². The largest absolute Gasteiger partial charge is 0.333 e. The number of hydrogen-bond acceptors (Lipinski definition) is 2. The van der Waals surface area contributed by atoms with Gasteiger partial charge < -0.3 is 4.90 Å². The van der Waals surface area contributed by atoms with Crippen molar-refractivity contribution in [2.24, 2.45) is 0 Å². The van der Waals surface area contributed by atoms with Crippen molar-refractivity contribution in [3.8, 4) is 0 Å². The van der Waals surface area contributed by atoms with Gasteiger partial charge in [-0.15, -0.1) is 0 Å². The number of carbonyl (C=O) groups excluding carboxylic acids is 1. The van der Waals surface area contributed by atoms with E-state index < -0.39 is 0 Å². The summed E-state index contributed by atoms with van der Waals surface area (Å²) < 4.78 is 0.854. The van der Waals surface area contributed by atoms with E-state index in [4.69, 9.17) is 11.6 Å². The summed E-state index contributed by atoms with van der Waals surface area (Å²) in [7, 11) is 0. The summed E-state index contributed by atoms with van der Waals surface area (Å²) in [4.78, 5) is 18.3. The van der Waals surface area contributed by atoms with E-state index in [0.29, 0.717) is 23.8 Å². The van der Waals surface area contributed by atoms with Gasteiger partial charge in [0.2, 0.25) is 0 Å². The maximum atomic E-state index is 12.4. The summed E-state index contributed by atoms with van der Waals surface area (Å²) in [5, 5.41) is 0.674. The number of hydrogen-bond donors (Lipinski definition) is 0. The second kappa shape index (κ2) is 6.86. The van der Waals surface area contributed by atoms with Crippen LogP contribution in [0, 0.1) is 0 Å². The smallest absolute Gasteiger partial charge is 0.272 e. The van der Waals surface area contributed by atoms with E-state index in [2.05, 4.69) is 20.9 Å². The van der Waals surface area contributed by atoms with Crippen LogP contribution < -0.4 is 0 Å². The van der Waals surface area contributed by atoms with Crippen LogP contribution in [0.1, 0.15) is 23.0 Å². The third-order valence-corrected chi connectivity index (χ3v) is 3.58. The van der Waals surface area contributed by atoms with Gasteiger partial charge in [0, 0.05) is 28.8 Å². The molecule has 0 aliphatic heterocycles. The Bertz CT molecular complexity index is 601. The Morgan fingerprint density at radius 3 is 2.75 bits per heavy atom. The molecular weight excluding hydrogens is 340 g/mol. The number of benzene rings is 1. The number of nitrogens with zero attached hydrogens (tertiary/aromatic N) is 2. The van der Waals surface area contributed by atoms with Crippen molar-refractivity contribution in [2.45, 2.75) is 13.5 Å². The van der Waals surface area contributed by atoms with Gasteiger partial charge in [-0.3, -0.25) is 4.79 Å². The molecule has 2 aromatic rings. The fraction of sp³-hybridized carbons (Fsp3) is 0.200. The van der Waals surface area contributed by atoms with Gasteiger partial charge in [-0.25, -0.2) is 4.98 Å². The maximum absolute atomic E-state index is 12.4. The third-order valence-electron chi connectivity index (χ3n) is 2.88. The Morgan fingerprint density at radius 2 is 2.15 bits per heavy atom. The molecule has 3 nitrogen and oxygen atoms in total.